The first-order valence-electron chi connectivity index (χ1n) is 10.0. The Morgan fingerprint density at radius 3 is 2.61 bits per heavy atom. The quantitative estimate of drug-likeness (QED) is 0.502. The largest absolute Gasteiger partial charge is 0.497 e. The molecule has 0 saturated carbocycles. The monoisotopic (exact) mass is 399 g/mol. The summed E-state index contributed by atoms with van der Waals surface area (Å²) < 4.78 is 5.29. The van der Waals surface area contributed by atoms with Crippen LogP contribution in [0.2, 0.25) is 0 Å². The van der Waals surface area contributed by atoms with Crippen molar-refractivity contribution < 1.29 is 9.53 Å². The summed E-state index contributed by atoms with van der Waals surface area (Å²) in [5.41, 5.74) is 0.911. The van der Waals surface area contributed by atoms with E-state index in [1.54, 1.807) is 7.11 Å². The molecule has 0 radical (unpaired) electrons. The van der Waals surface area contributed by atoms with Crippen LogP contribution in [0.15, 0.2) is 30.3 Å². The first-order valence-corrected chi connectivity index (χ1v) is 10.8. The van der Waals surface area contributed by atoms with Crippen LogP contribution in [0.5, 0.6) is 5.75 Å². The minimum atomic E-state index is -0.0119. The summed E-state index contributed by atoms with van der Waals surface area (Å²) in [6.45, 7) is 8.40. The number of carbonyl (C=O) groups excluding carboxylic acids is 1. The molecule has 0 saturated heterocycles. The topological polar surface area (TPSA) is 54.5 Å². The Labute approximate surface area is 170 Å². The fourth-order valence-corrected chi connectivity index (χ4v) is 4.35. The molecule has 0 aliphatic rings. The van der Waals surface area contributed by atoms with Crippen LogP contribution in [-0.4, -0.2) is 49.1 Å². The SMILES string of the molecule is CCCN(CCC)CCCNC(=O)c1cc2cc3cc(OC)ccc3nc2s1. The van der Waals surface area contributed by atoms with Gasteiger partial charge in [-0.25, -0.2) is 4.98 Å². The number of aromatic nitrogens is 1. The standard InChI is InChI=1S/C22H29N3O2S/c1-4-10-25(11-5-2)12-6-9-23-21(26)20-15-17-13-16-14-18(27-3)7-8-19(16)24-22(17)28-20/h7-8,13-15H,4-6,9-12H2,1-3H3,(H,23,26). The minimum Gasteiger partial charge on any atom is -0.497 e. The van der Waals surface area contributed by atoms with E-state index in [9.17, 15) is 4.79 Å². The molecule has 3 aromatic rings. The third-order valence-electron chi connectivity index (χ3n) is 4.75. The van der Waals surface area contributed by atoms with Gasteiger partial charge in [0.15, 0.2) is 0 Å². The number of rotatable bonds is 10. The molecule has 28 heavy (non-hydrogen) atoms. The molecule has 1 aromatic carbocycles. The zero-order chi connectivity index (χ0) is 19.9. The minimum absolute atomic E-state index is 0.0119. The molecule has 5 nitrogen and oxygen atoms in total. The van der Waals surface area contributed by atoms with Crippen molar-refractivity contribution in [3.8, 4) is 5.75 Å². The molecular weight excluding hydrogens is 370 g/mol. The zero-order valence-corrected chi connectivity index (χ0v) is 17.8. The molecule has 1 amide bonds. The number of nitrogens with zero attached hydrogens (tertiary/aromatic N) is 2. The predicted molar refractivity (Wildman–Crippen MR) is 118 cm³/mol. The van der Waals surface area contributed by atoms with Crippen LogP contribution in [0.1, 0.15) is 42.8 Å². The van der Waals surface area contributed by atoms with E-state index in [1.165, 1.54) is 24.2 Å². The van der Waals surface area contributed by atoms with E-state index in [-0.39, 0.29) is 5.91 Å². The van der Waals surface area contributed by atoms with Gasteiger partial charge in [0.1, 0.15) is 10.6 Å². The summed E-state index contributed by atoms with van der Waals surface area (Å²) in [4.78, 5) is 21.3. The molecule has 6 heteroatoms. The number of pyridine rings is 1. The van der Waals surface area contributed by atoms with Gasteiger partial charge in [0.25, 0.3) is 5.91 Å². The number of carbonyl (C=O) groups is 1. The molecule has 0 fully saturated rings. The Kier molecular flexibility index (Phi) is 7.23. The fraction of sp³-hybridized carbons (Fsp3) is 0.455. The van der Waals surface area contributed by atoms with Crippen LogP contribution >= 0.6 is 11.3 Å². The molecule has 150 valence electrons. The number of hydrogen-bond acceptors (Lipinski definition) is 5. The molecule has 0 atom stereocenters. The van der Waals surface area contributed by atoms with Gasteiger partial charge in [-0.15, -0.1) is 11.3 Å². The summed E-state index contributed by atoms with van der Waals surface area (Å²) in [5.74, 6) is 0.796. The van der Waals surface area contributed by atoms with E-state index in [4.69, 9.17) is 9.72 Å². The van der Waals surface area contributed by atoms with E-state index in [1.807, 2.05) is 24.3 Å². The Balaban J connectivity index is 1.62. The maximum atomic E-state index is 12.5. The lowest BCUT2D eigenvalue weighted by atomic mass is 10.2. The lowest BCUT2D eigenvalue weighted by Crippen LogP contribution is -2.30. The van der Waals surface area contributed by atoms with Crippen LogP contribution in [0.3, 0.4) is 0 Å². The van der Waals surface area contributed by atoms with Crippen molar-refractivity contribution in [1.29, 1.82) is 0 Å². The van der Waals surface area contributed by atoms with E-state index < -0.39 is 0 Å². The second kappa shape index (κ2) is 9.85. The number of methoxy groups -OCH3 is 1. The summed E-state index contributed by atoms with van der Waals surface area (Å²) in [6, 6.07) is 9.83. The summed E-state index contributed by atoms with van der Waals surface area (Å²) in [7, 11) is 1.66. The highest BCUT2D eigenvalue weighted by atomic mass is 32.1. The molecule has 0 unspecified atom stereocenters. The third-order valence-corrected chi connectivity index (χ3v) is 5.79. The molecule has 2 heterocycles. The second-order valence-electron chi connectivity index (χ2n) is 7.00. The Bertz CT molecular complexity index is 932. The molecule has 2 aromatic heterocycles. The Hall–Kier alpha value is -2.18. The van der Waals surface area contributed by atoms with Crippen LogP contribution in [0, 0.1) is 0 Å². The Morgan fingerprint density at radius 2 is 1.89 bits per heavy atom. The molecule has 0 aliphatic heterocycles. The average Bonchev–Trinajstić information content (AvgIpc) is 3.12. The van der Waals surface area contributed by atoms with Crippen molar-refractivity contribution in [1.82, 2.24) is 15.2 Å². The molecule has 0 bridgehead atoms. The highest BCUT2D eigenvalue weighted by molar-refractivity contribution is 7.20. The van der Waals surface area contributed by atoms with Crippen LogP contribution in [-0.2, 0) is 0 Å². The van der Waals surface area contributed by atoms with E-state index >= 15 is 0 Å². The van der Waals surface area contributed by atoms with Crippen molar-refractivity contribution in [2.45, 2.75) is 33.1 Å². The lowest BCUT2D eigenvalue weighted by Gasteiger charge is -2.20. The van der Waals surface area contributed by atoms with Gasteiger partial charge >= 0.3 is 0 Å². The van der Waals surface area contributed by atoms with Gasteiger partial charge in [-0.05, 0) is 69.2 Å². The van der Waals surface area contributed by atoms with E-state index in [2.05, 4.69) is 30.1 Å². The normalized spacial score (nSPS) is 11.4. The molecule has 3 rings (SSSR count). The fourth-order valence-electron chi connectivity index (χ4n) is 3.41. The van der Waals surface area contributed by atoms with Gasteiger partial charge in [-0.2, -0.15) is 0 Å². The number of thiophene rings is 1. The number of hydrogen-bond donors (Lipinski definition) is 1. The number of amides is 1. The van der Waals surface area contributed by atoms with Gasteiger partial charge in [0, 0.05) is 17.3 Å². The average molecular weight is 400 g/mol. The number of fused-ring (bicyclic) bond motifs is 2. The van der Waals surface area contributed by atoms with Crippen molar-refractivity contribution in [2.24, 2.45) is 0 Å². The van der Waals surface area contributed by atoms with E-state index in [0.29, 0.717) is 11.4 Å². The first-order chi connectivity index (χ1) is 13.6. The van der Waals surface area contributed by atoms with Crippen molar-refractivity contribution in [3.05, 3.63) is 35.2 Å². The predicted octanol–water partition coefficient (Wildman–Crippen LogP) is 4.70. The summed E-state index contributed by atoms with van der Waals surface area (Å²) in [5, 5.41) is 5.07. The molecule has 0 spiro atoms. The maximum absolute atomic E-state index is 12.5. The molecular formula is C22H29N3O2S. The summed E-state index contributed by atoms with van der Waals surface area (Å²) >= 11 is 1.45. The zero-order valence-electron chi connectivity index (χ0n) is 17.0. The van der Waals surface area contributed by atoms with Gasteiger partial charge in [-0.3, -0.25) is 4.79 Å². The van der Waals surface area contributed by atoms with Crippen LogP contribution in [0.4, 0.5) is 0 Å². The van der Waals surface area contributed by atoms with E-state index in [0.717, 1.165) is 52.9 Å². The maximum Gasteiger partial charge on any atom is 0.261 e. The third kappa shape index (κ3) is 5.00. The molecule has 0 aliphatic carbocycles. The smallest absolute Gasteiger partial charge is 0.261 e. The highest BCUT2D eigenvalue weighted by Crippen LogP contribution is 2.29. The highest BCUT2D eigenvalue weighted by Gasteiger charge is 2.12. The van der Waals surface area contributed by atoms with Gasteiger partial charge in [-0.1, -0.05) is 13.8 Å². The second-order valence-corrected chi connectivity index (χ2v) is 8.03. The van der Waals surface area contributed by atoms with Gasteiger partial charge in [0.05, 0.1) is 17.5 Å². The number of ether oxygens (including phenoxy) is 1. The summed E-state index contributed by atoms with van der Waals surface area (Å²) in [6.07, 6.45) is 3.31. The molecule has 1 N–H and O–H groups in total. The van der Waals surface area contributed by atoms with Gasteiger partial charge < -0.3 is 15.0 Å². The van der Waals surface area contributed by atoms with Crippen molar-refractivity contribution >= 4 is 38.4 Å². The van der Waals surface area contributed by atoms with Crippen LogP contribution in [0.25, 0.3) is 21.1 Å². The number of benzene rings is 1. The Morgan fingerprint density at radius 1 is 1.11 bits per heavy atom. The first kappa shape index (κ1) is 20.6. The number of nitrogens with one attached hydrogen (secondary N) is 1. The van der Waals surface area contributed by atoms with Crippen molar-refractivity contribution in [3.63, 3.8) is 0 Å². The van der Waals surface area contributed by atoms with Gasteiger partial charge in [0.2, 0.25) is 0 Å². The van der Waals surface area contributed by atoms with Crippen LogP contribution < -0.4 is 10.1 Å². The lowest BCUT2D eigenvalue weighted by molar-refractivity contribution is 0.0955. The van der Waals surface area contributed by atoms with Crippen molar-refractivity contribution in [2.75, 3.05) is 33.3 Å².